The number of anilines is 1. The van der Waals surface area contributed by atoms with Gasteiger partial charge in [-0.1, -0.05) is 25.1 Å². The second kappa shape index (κ2) is 10.6. The molecule has 0 aliphatic carbocycles. The van der Waals surface area contributed by atoms with Crippen molar-refractivity contribution in [1.29, 1.82) is 0 Å². The molecule has 0 bridgehead atoms. The summed E-state index contributed by atoms with van der Waals surface area (Å²) < 4.78 is 24.2. The largest absolute Gasteiger partial charge is 0.382 e. The van der Waals surface area contributed by atoms with Crippen LogP contribution in [0.25, 0.3) is 0 Å². The molecule has 1 amide bonds. The minimum absolute atomic E-state index is 0.209. The van der Waals surface area contributed by atoms with E-state index >= 15 is 0 Å². The van der Waals surface area contributed by atoms with Gasteiger partial charge in [-0.05, 0) is 25.5 Å². The maximum Gasteiger partial charge on any atom is 0.351 e. The Balaban J connectivity index is 1.86. The Morgan fingerprint density at radius 2 is 1.94 bits per heavy atom. The van der Waals surface area contributed by atoms with Gasteiger partial charge in [-0.25, -0.2) is 4.79 Å². The van der Waals surface area contributed by atoms with Crippen molar-refractivity contribution in [1.82, 2.24) is 9.55 Å². The van der Waals surface area contributed by atoms with E-state index in [-0.39, 0.29) is 23.9 Å². The third-order valence-electron chi connectivity index (χ3n) is 5.23. The molecule has 31 heavy (non-hydrogen) atoms. The lowest BCUT2D eigenvalue weighted by Gasteiger charge is -2.24. The predicted molar refractivity (Wildman–Crippen MR) is 114 cm³/mol. The normalized spacial score (nSPS) is 23.1. The van der Waals surface area contributed by atoms with Gasteiger partial charge in [0, 0.05) is 31.5 Å². The third kappa shape index (κ3) is 5.19. The average molecular weight is 431 g/mol. The number of nitrogens with zero attached hydrogens (tertiary/aromatic N) is 2. The highest BCUT2D eigenvalue weighted by molar-refractivity contribution is 6.03. The molecule has 0 spiro atoms. The van der Waals surface area contributed by atoms with E-state index in [0.29, 0.717) is 30.8 Å². The summed E-state index contributed by atoms with van der Waals surface area (Å²) in [5, 5.41) is 2.70. The van der Waals surface area contributed by atoms with Crippen LogP contribution < -0.4 is 11.0 Å². The quantitative estimate of drug-likeness (QED) is 0.607. The van der Waals surface area contributed by atoms with Crippen LogP contribution >= 0.6 is 0 Å². The first-order chi connectivity index (χ1) is 15.0. The minimum atomic E-state index is -0.704. The first-order valence-electron chi connectivity index (χ1n) is 10.2. The number of carbonyl (C=O) groups excluding carboxylic acids is 1. The predicted octanol–water partition coefficient (Wildman–Crippen LogP) is 2.16. The molecule has 168 valence electrons. The van der Waals surface area contributed by atoms with E-state index in [1.807, 2.05) is 13.0 Å². The molecular weight excluding hydrogens is 402 g/mol. The number of nitrogens with one attached hydrogen (secondary N) is 1. The van der Waals surface area contributed by atoms with Gasteiger partial charge in [-0.15, -0.1) is 0 Å². The van der Waals surface area contributed by atoms with Gasteiger partial charge in [-0.2, -0.15) is 4.98 Å². The van der Waals surface area contributed by atoms with Crippen LogP contribution in [0.15, 0.2) is 41.3 Å². The molecule has 1 aromatic carbocycles. The number of hydrogen-bond donors (Lipinski definition) is 1. The molecule has 1 fully saturated rings. The van der Waals surface area contributed by atoms with Crippen LogP contribution in [0.3, 0.4) is 0 Å². The lowest BCUT2D eigenvalue weighted by molar-refractivity contribution is -0.0838. The summed E-state index contributed by atoms with van der Waals surface area (Å²) in [6.45, 7) is 4.50. The fourth-order valence-electron chi connectivity index (χ4n) is 3.64. The van der Waals surface area contributed by atoms with Gasteiger partial charge in [0.25, 0.3) is 5.91 Å². The highest BCUT2D eigenvalue weighted by atomic mass is 16.6. The van der Waals surface area contributed by atoms with Crippen LogP contribution in [0.1, 0.15) is 35.5 Å². The van der Waals surface area contributed by atoms with Gasteiger partial charge in [-0.3, -0.25) is 9.36 Å². The van der Waals surface area contributed by atoms with E-state index in [0.717, 1.165) is 0 Å². The number of aromatic nitrogens is 2. The second-order valence-corrected chi connectivity index (χ2v) is 7.28. The highest BCUT2D eigenvalue weighted by Gasteiger charge is 2.46. The zero-order valence-corrected chi connectivity index (χ0v) is 18.2. The van der Waals surface area contributed by atoms with Gasteiger partial charge in [0.2, 0.25) is 0 Å². The first-order valence-corrected chi connectivity index (χ1v) is 10.2. The summed E-state index contributed by atoms with van der Waals surface area (Å²) in [5.74, 6) is -0.128. The van der Waals surface area contributed by atoms with Crippen molar-refractivity contribution in [2.24, 2.45) is 0 Å². The topological polar surface area (TPSA) is 101 Å². The van der Waals surface area contributed by atoms with Gasteiger partial charge < -0.3 is 24.3 Å². The molecule has 9 nitrogen and oxygen atoms in total. The number of amides is 1. The zero-order valence-electron chi connectivity index (χ0n) is 18.2. The number of benzene rings is 1. The Hall–Kier alpha value is -2.59. The summed E-state index contributed by atoms with van der Waals surface area (Å²) in [6.07, 6.45) is 0.547. The van der Waals surface area contributed by atoms with Crippen molar-refractivity contribution in [3.63, 3.8) is 0 Å². The fraction of sp³-hybridized carbons (Fsp3) is 0.500. The monoisotopic (exact) mass is 431 g/mol. The van der Waals surface area contributed by atoms with Crippen molar-refractivity contribution >= 4 is 11.7 Å². The average Bonchev–Trinajstić information content (AvgIpc) is 3.14. The molecule has 1 aliphatic heterocycles. The van der Waals surface area contributed by atoms with E-state index in [4.69, 9.17) is 18.9 Å². The molecular formula is C22H29N3O6. The van der Waals surface area contributed by atoms with E-state index in [1.54, 1.807) is 51.6 Å². The Labute approximate surface area is 181 Å². The van der Waals surface area contributed by atoms with Crippen LogP contribution in [0.2, 0.25) is 0 Å². The Kier molecular flexibility index (Phi) is 7.91. The molecule has 1 aromatic heterocycles. The zero-order chi connectivity index (χ0) is 22.4. The molecule has 0 radical (unpaired) electrons. The van der Waals surface area contributed by atoms with Gasteiger partial charge >= 0.3 is 5.69 Å². The van der Waals surface area contributed by atoms with Crippen molar-refractivity contribution < 1.29 is 23.7 Å². The summed E-state index contributed by atoms with van der Waals surface area (Å²) in [6, 6.07) is 8.74. The summed E-state index contributed by atoms with van der Waals surface area (Å²) >= 11 is 0. The van der Waals surface area contributed by atoms with Crippen molar-refractivity contribution in [2.45, 2.75) is 44.8 Å². The Morgan fingerprint density at radius 1 is 1.19 bits per heavy atom. The number of rotatable bonds is 9. The second-order valence-electron chi connectivity index (χ2n) is 7.28. The summed E-state index contributed by atoms with van der Waals surface area (Å²) in [4.78, 5) is 29.4. The first kappa shape index (κ1) is 23.1. The van der Waals surface area contributed by atoms with Crippen LogP contribution in [-0.4, -0.2) is 61.2 Å². The Bertz CT molecular complexity index is 933. The number of aryl methyl sites for hydroxylation is 1. The molecule has 2 aromatic rings. The van der Waals surface area contributed by atoms with Crippen LogP contribution in [0, 0.1) is 6.92 Å². The maximum atomic E-state index is 12.9. The molecule has 1 saturated heterocycles. The lowest BCUT2D eigenvalue weighted by Crippen LogP contribution is -2.39. The van der Waals surface area contributed by atoms with Gasteiger partial charge in [0.15, 0.2) is 6.23 Å². The summed E-state index contributed by atoms with van der Waals surface area (Å²) in [5.41, 5.74) is 0.551. The fourth-order valence-corrected chi connectivity index (χ4v) is 3.64. The van der Waals surface area contributed by atoms with Crippen molar-refractivity contribution in [2.75, 3.05) is 32.8 Å². The van der Waals surface area contributed by atoms with Crippen LogP contribution in [-0.2, 0) is 18.9 Å². The number of carbonyl (C=O) groups is 1. The number of ether oxygens (including phenoxy) is 4. The number of hydrogen-bond acceptors (Lipinski definition) is 7. The molecule has 2 heterocycles. The number of methoxy groups -OCH3 is 2. The van der Waals surface area contributed by atoms with E-state index < -0.39 is 18.0 Å². The molecule has 4 atom stereocenters. The standard InChI is InChI=1S/C22H29N3O6/c1-5-16-17(29-4)18(30-12-11-28-3)21(31-16)25-13-14(2)19(24-22(25)27)23-20(26)15-9-7-6-8-10-15/h6-10,13,16-18,21H,5,11-12H2,1-4H3,(H,23,24,26,27)/t16-,17+,18?,21-/m1/s1. The smallest absolute Gasteiger partial charge is 0.351 e. The lowest BCUT2D eigenvalue weighted by atomic mass is 10.1. The summed E-state index contributed by atoms with van der Waals surface area (Å²) in [7, 11) is 3.19. The van der Waals surface area contributed by atoms with Crippen LogP contribution in [0.5, 0.6) is 0 Å². The van der Waals surface area contributed by atoms with Gasteiger partial charge in [0.1, 0.15) is 18.0 Å². The molecule has 3 rings (SSSR count). The van der Waals surface area contributed by atoms with Gasteiger partial charge in [0.05, 0.1) is 19.3 Å². The third-order valence-corrected chi connectivity index (χ3v) is 5.23. The minimum Gasteiger partial charge on any atom is -0.382 e. The van der Waals surface area contributed by atoms with E-state index in [1.165, 1.54) is 4.57 Å². The molecule has 1 aliphatic rings. The molecule has 9 heteroatoms. The van der Waals surface area contributed by atoms with Crippen molar-refractivity contribution in [3.05, 3.63) is 58.1 Å². The maximum absolute atomic E-state index is 12.9. The van der Waals surface area contributed by atoms with Crippen LogP contribution in [0.4, 0.5) is 5.82 Å². The van der Waals surface area contributed by atoms with Crippen molar-refractivity contribution in [3.8, 4) is 0 Å². The highest BCUT2D eigenvalue weighted by Crippen LogP contribution is 2.34. The van der Waals surface area contributed by atoms with E-state index in [2.05, 4.69) is 10.3 Å². The molecule has 0 saturated carbocycles. The Morgan fingerprint density at radius 3 is 2.58 bits per heavy atom. The van der Waals surface area contributed by atoms with E-state index in [9.17, 15) is 9.59 Å². The molecule has 1 unspecified atom stereocenters. The SMILES string of the molecule is CC[C@H]1O[C@@H](n2cc(C)c(NC(=O)c3ccccc3)nc2=O)C(OCCOC)[C@H]1OC. The molecule has 1 N–H and O–H groups in total.